The summed E-state index contributed by atoms with van der Waals surface area (Å²) in [5.74, 6) is -0.609. The monoisotopic (exact) mass is 333 g/mol. The van der Waals surface area contributed by atoms with Crippen molar-refractivity contribution in [3.8, 4) is 0 Å². The fraction of sp³-hybridized carbons (Fsp3) is 0.778. The first kappa shape index (κ1) is 16.1. The van der Waals surface area contributed by atoms with Gasteiger partial charge in [0, 0.05) is 27.2 Å². The summed E-state index contributed by atoms with van der Waals surface area (Å²) in [6.07, 6.45) is 7.60. The lowest BCUT2D eigenvalue weighted by molar-refractivity contribution is -0.141. The van der Waals surface area contributed by atoms with Gasteiger partial charge in [-0.05, 0) is 25.9 Å². The first-order valence-corrected chi connectivity index (χ1v) is 9.11. The Labute approximate surface area is 143 Å². The number of likely N-dealkylation sites (tertiary alicyclic amines) is 2. The molecule has 3 saturated heterocycles. The highest BCUT2D eigenvalue weighted by atomic mass is 16.5. The van der Waals surface area contributed by atoms with Gasteiger partial charge in [-0.25, -0.2) is 0 Å². The third kappa shape index (κ3) is 2.39. The van der Waals surface area contributed by atoms with Gasteiger partial charge in [0.1, 0.15) is 5.60 Å². The zero-order chi connectivity index (χ0) is 16.9. The minimum absolute atomic E-state index is 0.00227. The molecule has 24 heavy (non-hydrogen) atoms. The van der Waals surface area contributed by atoms with Crippen molar-refractivity contribution in [1.29, 1.82) is 0 Å². The average molecular weight is 333 g/mol. The van der Waals surface area contributed by atoms with E-state index in [0.29, 0.717) is 6.54 Å². The second-order valence-electron chi connectivity index (χ2n) is 7.79. The van der Waals surface area contributed by atoms with E-state index in [0.717, 1.165) is 26.2 Å². The maximum Gasteiger partial charge on any atom is 0.230 e. The standard InChI is InChI=1S/C18H27N3O3/c1-19(2)16(22)14-13-6-7-18(24-13)12-21(17(23)15(14)18)11-10-20-8-4-3-5-9-20/h6-7,13-15H,3-5,8-12H2,1-2H3/t13-,14-,15-,18-/m0/s1. The molecule has 4 aliphatic heterocycles. The molecule has 0 aliphatic carbocycles. The van der Waals surface area contributed by atoms with Crippen LogP contribution in [0.25, 0.3) is 0 Å². The van der Waals surface area contributed by atoms with Crippen LogP contribution in [0.2, 0.25) is 0 Å². The van der Waals surface area contributed by atoms with Crippen LogP contribution in [-0.2, 0) is 14.3 Å². The zero-order valence-electron chi connectivity index (χ0n) is 14.6. The Morgan fingerprint density at radius 2 is 2.04 bits per heavy atom. The minimum atomic E-state index is -0.569. The van der Waals surface area contributed by atoms with Crippen molar-refractivity contribution >= 4 is 11.8 Å². The maximum atomic E-state index is 13.0. The number of nitrogens with zero attached hydrogens (tertiary/aromatic N) is 3. The Morgan fingerprint density at radius 1 is 1.29 bits per heavy atom. The number of amides is 2. The van der Waals surface area contributed by atoms with E-state index in [1.807, 2.05) is 17.1 Å². The van der Waals surface area contributed by atoms with Crippen molar-refractivity contribution in [1.82, 2.24) is 14.7 Å². The third-order valence-electron chi connectivity index (χ3n) is 6.04. The minimum Gasteiger partial charge on any atom is -0.360 e. The number of hydrogen-bond acceptors (Lipinski definition) is 4. The van der Waals surface area contributed by atoms with E-state index in [1.165, 1.54) is 19.3 Å². The predicted molar refractivity (Wildman–Crippen MR) is 89.3 cm³/mol. The fourth-order valence-corrected chi connectivity index (χ4v) is 4.79. The molecule has 6 heteroatoms. The van der Waals surface area contributed by atoms with E-state index < -0.39 is 5.60 Å². The van der Waals surface area contributed by atoms with Crippen LogP contribution in [0.4, 0.5) is 0 Å². The van der Waals surface area contributed by atoms with Gasteiger partial charge < -0.3 is 19.4 Å². The molecule has 6 nitrogen and oxygen atoms in total. The van der Waals surface area contributed by atoms with Crippen LogP contribution in [-0.4, -0.2) is 85.0 Å². The number of carbonyl (C=O) groups is 2. The Bertz CT molecular complexity index is 570. The van der Waals surface area contributed by atoms with Crippen LogP contribution < -0.4 is 0 Å². The van der Waals surface area contributed by atoms with Gasteiger partial charge in [-0.15, -0.1) is 0 Å². The molecule has 0 saturated carbocycles. The van der Waals surface area contributed by atoms with Crippen LogP contribution >= 0.6 is 0 Å². The molecule has 0 unspecified atom stereocenters. The number of rotatable bonds is 4. The summed E-state index contributed by atoms with van der Waals surface area (Å²) in [7, 11) is 3.50. The summed E-state index contributed by atoms with van der Waals surface area (Å²) in [6, 6.07) is 0. The van der Waals surface area contributed by atoms with Crippen molar-refractivity contribution in [3.63, 3.8) is 0 Å². The molecule has 0 radical (unpaired) electrons. The second kappa shape index (κ2) is 5.85. The Kier molecular flexibility index (Phi) is 3.92. The van der Waals surface area contributed by atoms with Crippen molar-refractivity contribution < 1.29 is 14.3 Å². The SMILES string of the molecule is CN(C)C(=O)[C@H]1[C@@H]2C=C[C@@]3(CN(CCN4CCCCC4)C(=O)[C@H]13)O2. The molecule has 0 N–H and O–H groups in total. The number of hydrogen-bond donors (Lipinski definition) is 0. The van der Waals surface area contributed by atoms with Crippen LogP contribution in [0.15, 0.2) is 12.2 Å². The molecule has 2 amide bonds. The Balaban J connectivity index is 1.47. The Hall–Kier alpha value is -1.40. The summed E-state index contributed by atoms with van der Waals surface area (Å²) < 4.78 is 6.13. The van der Waals surface area contributed by atoms with Gasteiger partial charge in [-0.3, -0.25) is 9.59 Å². The molecule has 4 atom stereocenters. The van der Waals surface area contributed by atoms with E-state index in [2.05, 4.69) is 4.90 Å². The fourth-order valence-electron chi connectivity index (χ4n) is 4.79. The first-order valence-electron chi connectivity index (χ1n) is 9.11. The number of piperidine rings is 1. The molecular weight excluding hydrogens is 306 g/mol. The van der Waals surface area contributed by atoms with Gasteiger partial charge in [0.25, 0.3) is 0 Å². The van der Waals surface area contributed by atoms with Gasteiger partial charge in [-0.2, -0.15) is 0 Å². The van der Waals surface area contributed by atoms with E-state index in [-0.39, 0.29) is 29.8 Å². The van der Waals surface area contributed by atoms with E-state index >= 15 is 0 Å². The van der Waals surface area contributed by atoms with Gasteiger partial charge >= 0.3 is 0 Å². The van der Waals surface area contributed by atoms with Gasteiger partial charge in [0.2, 0.25) is 11.8 Å². The molecule has 1 spiro atoms. The van der Waals surface area contributed by atoms with Crippen LogP contribution in [0.3, 0.4) is 0 Å². The highest BCUT2D eigenvalue weighted by Crippen LogP contribution is 2.52. The molecule has 4 aliphatic rings. The molecule has 0 aromatic carbocycles. The smallest absolute Gasteiger partial charge is 0.230 e. The van der Waals surface area contributed by atoms with E-state index in [1.54, 1.807) is 19.0 Å². The zero-order valence-corrected chi connectivity index (χ0v) is 14.6. The predicted octanol–water partition coefficient (Wildman–Crippen LogP) is 0.343. The summed E-state index contributed by atoms with van der Waals surface area (Å²) in [6.45, 7) is 4.53. The van der Waals surface area contributed by atoms with Gasteiger partial charge in [0.05, 0.1) is 24.5 Å². The molecule has 0 aromatic rings. The maximum absolute atomic E-state index is 13.0. The third-order valence-corrected chi connectivity index (χ3v) is 6.04. The number of fused-ring (bicyclic) bond motifs is 1. The number of carbonyl (C=O) groups excluding carboxylic acids is 2. The lowest BCUT2D eigenvalue weighted by atomic mass is 9.76. The summed E-state index contributed by atoms with van der Waals surface area (Å²) in [5.41, 5.74) is -0.569. The molecule has 4 heterocycles. The largest absolute Gasteiger partial charge is 0.360 e. The molecule has 3 fully saturated rings. The highest BCUT2D eigenvalue weighted by Gasteiger charge is 2.66. The van der Waals surface area contributed by atoms with Gasteiger partial charge in [0.15, 0.2) is 0 Å². The molecular formula is C18H27N3O3. The molecule has 0 aromatic heterocycles. The van der Waals surface area contributed by atoms with Crippen molar-refractivity contribution in [2.75, 3.05) is 46.8 Å². The molecule has 2 bridgehead atoms. The normalized spacial score (nSPS) is 38.0. The molecule has 4 rings (SSSR count). The topological polar surface area (TPSA) is 53.1 Å². The van der Waals surface area contributed by atoms with Crippen molar-refractivity contribution in [2.24, 2.45) is 11.8 Å². The van der Waals surface area contributed by atoms with Crippen LogP contribution in [0.5, 0.6) is 0 Å². The summed E-state index contributed by atoms with van der Waals surface area (Å²) >= 11 is 0. The molecule has 132 valence electrons. The highest BCUT2D eigenvalue weighted by molar-refractivity contribution is 5.92. The van der Waals surface area contributed by atoms with E-state index in [9.17, 15) is 9.59 Å². The quantitative estimate of drug-likeness (QED) is 0.697. The first-order chi connectivity index (χ1) is 11.5. The second-order valence-corrected chi connectivity index (χ2v) is 7.79. The van der Waals surface area contributed by atoms with Crippen molar-refractivity contribution in [2.45, 2.75) is 31.0 Å². The van der Waals surface area contributed by atoms with Crippen LogP contribution in [0.1, 0.15) is 19.3 Å². The summed E-state index contributed by atoms with van der Waals surface area (Å²) in [5, 5.41) is 0. The number of ether oxygens (including phenoxy) is 1. The van der Waals surface area contributed by atoms with Crippen molar-refractivity contribution in [3.05, 3.63) is 12.2 Å². The Morgan fingerprint density at radius 3 is 2.75 bits per heavy atom. The van der Waals surface area contributed by atoms with Gasteiger partial charge in [-0.1, -0.05) is 18.6 Å². The average Bonchev–Trinajstić information content (AvgIpc) is 3.21. The summed E-state index contributed by atoms with van der Waals surface area (Å²) in [4.78, 5) is 31.5. The lowest BCUT2D eigenvalue weighted by Gasteiger charge is -2.29. The van der Waals surface area contributed by atoms with Crippen LogP contribution in [0, 0.1) is 11.8 Å². The van der Waals surface area contributed by atoms with E-state index in [4.69, 9.17) is 4.74 Å². The lowest BCUT2D eigenvalue weighted by Crippen LogP contribution is -2.44.